The van der Waals surface area contributed by atoms with E-state index in [1.165, 1.54) is 12.1 Å². The van der Waals surface area contributed by atoms with Gasteiger partial charge in [0.15, 0.2) is 0 Å². The van der Waals surface area contributed by atoms with Gasteiger partial charge in [-0.1, -0.05) is 13.0 Å². The molecule has 2 rings (SSSR count). The number of halogens is 1. The van der Waals surface area contributed by atoms with Crippen LogP contribution in [0.5, 0.6) is 0 Å². The van der Waals surface area contributed by atoms with Gasteiger partial charge in [0.05, 0.1) is 0 Å². The standard InChI is InChI=1S/C15H23FN4O/c1-2-14(11-17)19-6-8-20(9-7-19)15(21)18-13-5-3-4-12(16)10-13/h3-5,10,14H,2,6-9,11,17H2,1H3,(H,18,21). The lowest BCUT2D eigenvalue weighted by atomic mass is 10.1. The van der Waals surface area contributed by atoms with Crippen LogP contribution < -0.4 is 11.1 Å². The second-order valence-corrected chi connectivity index (χ2v) is 5.26. The average Bonchev–Trinajstić information content (AvgIpc) is 2.49. The van der Waals surface area contributed by atoms with E-state index in [4.69, 9.17) is 5.73 Å². The predicted octanol–water partition coefficient (Wildman–Crippen LogP) is 1.71. The highest BCUT2D eigenvalue weighted by Gasteiger charge is 2.24. The summed E-state index contributed by atoms with van der Waals surface area (Å²) in [5, 5.41) is 2.73. The van der Waals surface area contributed by atoms with E-state index < -0.39 is 0 Å². The van der Waals surface area contributed by atoms with Crippen LogP contribution in [-0.2, 0) is 0 Å². The van der Waals surface area contributed by atoms with E-state index in [2.05, 4.69) is 17.1 Å². The Balaban J connectivity index is 1.86. The molecule has 0 spiro atoms. The van der Waals surface area contributed by atoms with Gasteiger partial charge < -0.3 is 16.0 Å². The summed E-state index contributed by atoms with van der Waals surface area (Å²) in [5.41, 5.74) is 6.24. The minimum absolute atomic E-state index is 0.180. The second kappa shape index (κ2) is 7.38. The lowest BCUT2D eigenvalue weighted by Crippen LogP contribution is -2.54. The smallest absolute Gasteiger partial charge is 0.321 e. The number of amides is 2. The highest BCUT2D eigenvalue weighted by molar-refractivity contribution is 5.89. The Labute approximate surface area is 124 Å². The first kappa shape index (κ1) is 15.7. The molecule has 1 heterocycles. The molecule has 0 saturated carbocycles. The van der Waals surface area contributed by atoms with Gasteiger partial charge in [0.1, 0.15) is 5.82 Å². The number of nitrogens with one attached hydrogen (secondary N) is 1. The zero-order valence-corrected chi connectivity index (χ0v) is 12.4. The number of benzene rings is 1. The predicted molar refractivity (Wildman–Crippen MR) is 81.7 cm³/mol. The van der Waals surface area contributed by atoms with Gasteiger partial charge in [-0.25, -0.2) is 9.18 Å². The Morgan fingerprint density at radius 1 is 1.38 bits per heavy atom. The molecule has 0 bridgehead atoms. The lowest BCUT2D eigenvalue weighted by molar-refractivity contribution is 0.113. The molecule has 21 heavy (non-hydrogen) atoms. The second-order valence-electron chi connectivity index (χ2n) is 5.26. The summed E-state index contributed by atoms with van der Waals surface area (Å²) in [6.45, 7) is 5.75. The first-order valence-corrected chi connectivity index (χ1v) is 7.39. The fourth-order valence-electron chi connectivity index (χ4n) is 2.63. The number of carbonyl (C=O) groups excluding carboxylic acids is 1. The van der Waals surface area contributed by atoms with Crippen LogP contribution in [0.1, 0.15) is 13.3 Å². The first-order valence-electron chi connectivity index (χ1n) is 7.39. The van der Waals surface area contributed by atoms with Gasteiger partial charge in [0.25, 0.3) is 0 Å². The van der Waals surface area contributed by atoms with Crippen molar-refractivity contribution < 1.29 is 9.18 Å². The van der Waals surface area contributed by atoms with Crippen LogP contribution in [0.3, 0.4) is 0 Å². The summed E-state index contributed by atoms with van der Waals surface area (Å²) >= 11 is 0. The van der Waals surface area contributed by atoms with Gasteiger partial charge >= 0.3 is 6.03 Å². The normalized spacial score (nSPS) is 17.6. The molecule has 0 aromatic heterocycles. The summed E-state index contributed by atoms with van der Waals surface area (Å²) in [4.78, 5) is 16.2. The summed E-state index contributed by atoms with van der Waals surface area (Å²) in [6, 6.07) is 6.13. The Kier molecular flexibility index (Phi) is 5.52. The molecular weight excluding hydrogens is 271 g/mol. The highest BCUT2D eigenvalue weighted by atomic mass is 19.1. The third-order valence-corrected chi connectivity index (χ3v) is 3.94. The summed E-state index contributed by atoms with van der Waals surface area (Å²) in [7, 11) is 0. The number of nitrogens with zero attached hydrogens (tertiary/aromatic N) is 2. The number of hydrogen-bond donors (Lipinski definition) is 2. The van der Waals surface area contributed by atoms with Crippen LogP contribution in [0.15, 0.2) is 24.3 Å². The average molecular weight is 294 g/mol. The fraction of sp³-hybridized carbons (Fsp3) is 0.533. The number of carbonyl (C=O) groups is 1. The molecule has 1 saturated heterocycles. The Bertz CT molecular complexity index is 470. The van der Waals surface area contributed by atoms with Crippen LogP contribution >= 0.6 is 0 Å². The lowest BCUT2D eigenvalue weighted by Gasteiger charge is -2.38. The van der Waals surface area contributed by atoms with Crippen molar-refractivity contribution in [2.24, 2.45) is 5.73 Å². The number of rotatable bonds is 4. The van der Waals surface area contributed by atoms with Gasteiger partial charge in [-0.3, -0.25) is 4.90 Å². The molecule has 1 aromatic carbocycles. The van der Waals surface area contributed by atoms with Gasteiger partial charge in [-0.05, 0) is 24.6 Å². The maximum atomic E-state index is 13.1. The zero-order chi connectivity index (χ0) is 15.2. The number of hydrogen-bond acceptors (Lipinski definition) is 3. The van der Waals surface area contributed by atoms with Crippen molar-refractivity contribution in [3.63, 3.8) is 0 Å². The molecule has 6 heteroatoms. The minimum atomic E-state index is -0.355. The SMILES string of the molecule is CCC(CN)N1CCN(C(=O)Nc2cccc(F)c2)CC1. The molecule has 1 fully saturated rings. The van der Waals surface area contributed by atoms with E-state index in [-0.39, 0.29) is 11.8 Å². The van der Waals surface area contributed by atoms with E-state index in [9.17, 15) is 9.18 Å². The maximum Gasteiger partial charge on any atom is 0.321 e. The molecule has 1 aromatic rings. The van der Waals surface area contributed by atoms with Crippen molar-refractivity contribution in [3.05, 3.63) is 30.1 Å². The van der Waals surface area contributed by atoms with Crippen molar-refractivity contribution in [2.75, 3.05) is 38.0 Å². The first-order chi connectivity index (χ1) is 10.1. The summed E-state index contributed by atoms with van der Waals surface area (Å²) in [5.74, 6) is -0.355. The largest absolute Gasteiger partial charge is 0.329 e. The monoisotopic (exact) mass is 294 g/mol. The van der Waals surface area contributed by atoms with Crippen molar-refractivity contribution in [2.45, 2.75) is 19.4 Å². The Morgan fingerprint density at radius 2 is 2.10 bits per heavy atom. The quantitative estimate of drug-likeness (QED) is 0.888. The third-order valence-electron chi connectivity index (χ3n) is 3.94. The number of piperazine rings is 1. The van der Waals surface area contributed by atoms with E-state index >= 15 is 0 Å². The van der Waals surface area contributed by atoms with Crippen molar-refractivity contribution in [1.29, 1.82) is 0 Å². The fourth-order valence-corrected chi connectivity index (χ4v) is 2.63. The Morgan fingerprint density at radius 3 is 2.67 bits per heavy atom. The van der Waals surface area contributed by atoms with E-state index in [0.29, 0.717) is 31.4 Å². The maximum absolute atomic E-state index is 13.1. The van der Waals surface area contributed by atoms with Gasteiger partial charge in [-0.2, -0.15) is 0 Å². The summed E-state index contributed by atoms with van der Waals surface area (Å²) < 4.78 is 13.1. The molecule has 2 amide bonds. The van der Waals surface area contributed by atoms with Crippen molar-refractivity contribution >= 4 is 11.7 Å². The minimum Gasteiger partial charge on any atom is -0.329 e. The van der Waals surface area contributed by atoms with Crippen LogP contribution in [-0.4, -0.2) is 54.6 Å². The van der Waals surface area contributed by atoms with Gasteiger partial charge in [-0.15, -0.1) is 0 Å². The number of nitrogens with two attached hydrogens (primary N) is 1. The number of anilines is 1. The van der Waals surface area contributed by atoms with Crippen molar-refractivity contribution in [3.8, 4) is 0 Å². The molecule has 116 valence electrons. The molecule has 1 aliphatic heterocycles. The van der Waals surface area contributed by atoms with Gasteiger partial charge in [0, 0.05) is 44.5 Å². The van der Waals surface area contributed by atoms with Crippen LogP contribution in [0, 0.1) is 5.82 Å². The van der Waals surface area contributed by atoms with Crippen LogP contribution in [0.25, 0.3) is 0 Å². The molecule has 1 atom stereocenters. The van der Waals surface area contributed by atoms with Gasteiger partial charge in [0.2, 0.25) is 0 Å². The van der Waals surface area contributed by atoms with Crippen LogP contribution in [0.4, 0.5) is 14.9 Å². The van der Waals surface area contributed by atoms with Crippen LogP contribution in [0.2, 0.25) is 0 Å². The number of urea groups is 1. The molecular formula is C15H23FN4O. The van der Waals surface area contributed by atoms with E-state index in [1.807, 2.05) is 0 Å². The molecule has 1 unspecified atom stereocenters. The molecule has 0 radical (unpaired) electrons. The molecule has 0 aliphatic carbocycles. The zero-order valence-electron chi connectivity index (χ0n) is 12.4. The summed E-state index contributed by atoms with van der Waals surface area (Å²) in [6.07, 6.45) is 1.02. The molecule has 3 N–H and O–H groups in total. The molecule has 1 aliphatic rings. The van der Waals surface area contributed by atoms with Crippen molar-refractivity contribution in [1.82, 2.24) is 9.80 Å². The van der Waals surface area contributed by atoms with E-state index in [1.54, 1.807) is 17.0 Å². The Hall–Kier alpha value is -1.66. The highest BCUT2D eigenvalue weighted by Crippen LogP contribution is 2.12. The van der Waals surface area contributed by atoms with E-state index in [0.717, 1.165) is 19.5 Å². The topological polar surface area (TPSA) is 61.6 Å². The third kappa shape index (κ3) is 4.15. The molecule has 5 nitrogen and oxygen atoms in total.